The van der Waals surface area contributed by atoms with Crippen LogP contribution < -0.4 is 0 Å². The van der Waals surface area contributed by atoms with E-state index in [1.165, 1.54) is 27.3 Å². The summed E-state index contributed by atoms with van der Waals surface area (Å²) in [7, 11) is 1.13. The van der Waals surface area contributed by atoms with Crippen LogP contribution in [0.3, 0.4) is 0 Å². The molecule has 1 aliphatic carbocycles. The zero-order chi connectivity index (χ0) is 31.9. The molecule has 238 valence electrons. The van der Waals surface area contributed by atoms with E-state index in [0.29, 0.717) is 16.0 Å². The molecular weight excluding hydrogens is 632 g/mol. The summed E-state index contributed by atoms with van der Waals surface area (Å²) in [5.41, 5.74) is 3.17. The minimum atomic E-state index is -3.13. The predicted octanol–water partition coefficient (Wildman–Crippen LogP) is 5.54. The van der Waals surface area contributed by atoms with E-state index < -0.39 is 73.7 Å². The van der Waals surface area contributed by atoms with E-state index in [2.05, 4.69) is 9.72 Å². The second-order valence-corrected chi connectivity index (χ2v) is 12.2. The van der Waals surface area contributed by atoms with E-state index in [1.807, 2.05) is 6.07 Å². The van der Waals surface area contributed by atoms with Crippen molar-refractivity contribution in [2.75, 3.05) is 20.4 Å². The number of amides is 1. The van der Waals surface area contributed by atoms with Crippen molar-refractivity contribution in [3.05, 3.63) is 88.4 Å². The normalized spacial score (nSPS) is 25.6. The van der Waals surface area contributed by atoms with Gasteiger partial charge in [-0.15, -0.1) is 11.3 Å². The molecule has 8 rings (SSSR count). The monoisotopic (exact) mass is 656 g/mol. The Balaban J connectivity index is 1.37. The number of thiazole rings is 1. The Kier molecular flexibility index (Phi) is 6.63. The van der Waals surface area contributed by atoms with Crippen LogP contribution >= 0.6 is 11.3 Å². The molecule has 2 aromatic carbocycles. The molecule has 0 saturated carbocycles. The number of ether oxygens (including phenoxy) is 4. The van der Waals surface area contributed by atoms with E-state index in [0.717, 1.165) is 13.2 Å². The van der Waals surface area contributed by atoms with Gasteiger partial charge in [-0.05, 0) is 28.8 Å². The highest BCUT2D eigenvalue weighted by atomic mass is 32.1. The van der Waals surface area contributed by atoms with Gasteiger partial charge >= 0.3 is 6.16 Å². The zero-order valence-electron chi connectivity index (χ0n) is 24.0. The molecule has 0 N–H and O–H groups in total. The topological polar surface area (TPSA) is 97.0 Å². The van der Waals surface area contributed by atoms with Crippen molar-refractivity contribution in [1.82, 2.24) is 19.9 Å². The van der Waals surface area contributed by atoms with Gasteiger partial charge in [-0.2, -0.15) is 5.01 Å². The maximum atomic E-state index is 15.9. The van der Waals surface area contributed by atoms with Crippen molar-refractivity contribution in [1.29, 1.82) is 0 Å². The van der Waals surface area contributed by atoms with E-state index in [9.17, 15) is 14.0 Å². The molecule has 46 heavy (non-hydrogen) atoms. The van der Waals surface area contributed by atoms with Crippen molar-refractivity contribution >= 4 is 23.4 Å². The third kappa shape index (κ3) is 4.40. The maximum Gasteiger partial charge on any atom is 0.510 e. The first kappa shape index (κ1) is 29.0. The Bertz CT molecular complexity index is 1850. The number of carbonyl (C=O) groups excluding carboxylic acids is 2. The van der Waals surface area contributed by atoms with Crippen LogP contribution in [0.25, 0.3) is 21.7 Å². The van der Waals surface area contributed by atoms with Gasteiger partial charge in [-0.3, -0.25) is 9.80 Å². The number of fused-ring (bicyclic) bond motifs is 8. The van der Waals surface area contributed by atoms with E-state index >= 15 is 13.2 Å². The van der Waals surface area contributed by atoms with Crippen LogP contribution in [0.4, 0.5) is 22.4 Å². The number of methoxy groups -OCH3 is 1. The fourth-order valence-electron chi connectivity index (χ4n) is 6.72. The average Bonchev–Trinajstić information content (AvgIpc) is 3.71. The number of aromatic nitrogens is 1. The molecule has 0 bridgehead atoms. The lowest BCUT2D eigenvalue weighted by Crippen LogP contribution is -2.67. The molecule has 2 unspecified atom stereocenters. The molecule has 10 nitrogen and oxygen atoms in total. The summed E-state index contributed by atoms with van der Waals surface area (Å²) < 4.78 is 82.4. The summed E-state index contributed by atoms with van der Waals surface area (Å²) in [5.74, 6) is -5.91. The Labute approximate surface area is 263 Å². The number of rotatable bonds is 4. The molecule has 1 aromatic heterocycles. The van der Waals surface area contributed by atoms with Crippen LogP contribution in [0.2, 0.25) is 0 Å². The molecule has 3 saturated heterocycles. The molecule has 4 atom stereocenters. The van der Waals surface area contributed by atoms with Crippen LogP contribution in [0.1, 0.15) is 30.0 Å². The van der Waals surface area contributed by atoms with Crippen LogP contribution in [-0.4, -0.2) is 76.7 Å². The molecule has 4 aliphatic heterocycles. The Morgan fingerprint density at radius 3 is 2.83 bits per heavy atom. The Hall–Kier alpha value is -4.47. The standard InChI is InChI=1S/C31H24F4N4O6S/c1-42-30(41)44-14-43-27-25-29(40)37-11-9-31(34,35)12-20(37)39(38(25)10-8-19-26(27)45-19)24-15-4-2-3-5-16(15)28-23(36-13-46-28)21-17(24)6-7-18(32)22(21)33/h2-8,10,13,19-20,24,26H,9,11-12,14H2,1H3/t19?,20-,24+,26?/m1/s1. The van der Waals surface area contributed by atoms with Crippen LogP contribution in [-0.2, 0) is 23.7 Å². The summed E-state index contributed by atoms with van der Waals surface area (Å²) >= 11 is 1.25. The van der Waals surface area contributed by atoms with E-state index in [1.54, 1.807) is 41.0 Å². The van der Waals surface area contributed by atoms with Gasteiger partial charge in [0.25, 0.3) is 11.8 Å². The number of alkyl halides is 2. The zero-order valence-corrected chi connectivity index (χ0v) is 24.8. The number of benzene rings is 2. The summed E-state index contributed by atoms with van der Waals surface area (Å²) in [5, 5.41) is 3.04. The highest BCUT2D eigenvalue weighted by Crippen LogP contribution is 2.53. The number of epoxide rings is 1. The number of hydrogen-bond donors (Lipinski definition) is 0. The second kappa shape index (κ2) is 10.5. The maximum absolute atomic E-state index is 15.9. The summed E-state index contributed by atoms with van der Waals surface area (Å²) in [6, 6.07) is 8.60. The first-order valence-corrected chi connectivity index (χ1v) is 15.3. The van der Waals surface area contributed by atoms with Crippen LogP contribution in [0.5, 0.6) is 0 Å². The van der Waals surface area contributed by atoms with Gasteiger partial charge in [-0.1, -0.05) is 30.3 Å². The minimum absolute atomic E-state index is 0.0258. The van der Waals surface area contributed by atoms with Crippen molar-refractivity contribution in [2.24, 2.45) is 0 Å². The third-order valence-corrected chi connectivity index (χ3v) is 9.65. The average molecular weight is 657 g/mol. The molecule has 0 radical (unpaired) electrons. The van der Waals surface area contributed by atoms with Gasteiger partial charge in [0.15, 0.2) is 23.1 Å². The van der Waals surface area contributed by atoms with Crippen LogP contribution in [0, 0.1) is 11.6 Å². The fraction of sp³-hybridized carbons (Fsp3) is 0.323. The van der Waals surface area contributed by atoms with Gasteiger partial charge < -0.3 is 23.8 Å². The molecule has 5 aliphatic rings. The molecule has 5 heterocycles. The largest absolute Gasteiger partial charge is 0.510 e. The molecular formula is C31H24F4N4O6S. The molecule has 0 spiro atoms. The Morgan fingerprint density at radius 2 is 2.00 bits per heavy atom. The number of piperidine rings is 1. The first-order valence-electron chi connectivity index (χ1n) is 14.4. The molecule has 15 heteroatoms. The quantitative estimate of drug-likeness (QED) is 0.155. The lowest BCUT2D eigenvalue weighted by molar-refractivity contribution is -0.196. The van der Waals surface area contributed by atoms with Gasteiger partial charge in [0, 0.05) is 31.1 Å². The van der Waals surface area contributed by atoms with Gasteiger partial charge in [0.1, 0.15) is 18.4 Å². The van der Waals surface area contributed by atoms with Crippen molar-refractivity contribution in [3.8, 4) is 21.7 Å². The number of carbonyl (C=O) groups is 2. The smallest absolute Gasteiger partial charge is 0.456 e. The molecule has 3 aromatic rings. The van der Waals surface area contributed by atoms with Gasteiger partial charge in [-0.25, -0.2) is 27.3 Å². The molecule has 3 fully saturated rings. The van der Waals surface area contributed by atoms with E-state index in [-0.39, 0.29) is 34.8 Å². The summed E-state index contributed by atoms with van der Waals surface area (Å²) in [6.45, 7) is -0.908. The number of halogens is 4. The Morgan fingerprint density at radius 1 is 1.17 bits per heavy atom. The summed E-state index contributed by atoms with van der Waals surface area (Å²) in [4.78, 5) is 32.2. The molecule has 1 amide bonds. The highest BCUT2D eigenvalue weighted by molar-refractivity contribution is 7.13. The van der Waals surface area contributed by atoms with Gasteiger partial charge in [0.2, 0.25) is 6.79 Å². The fourth-order valence-corrected chi connectivity index (χ4v) is 7.56. The van der Waals surface area contributed by atoms with Crippen molar-refractivity contribution in [2.45, 2.75) is 43.2 Å². The first-order chi connectivity index (χ1) is 22.2. The van der Waals surface area contributed by atoms with E-state index in [4.69, 9.17) is 14.2 Å². The van der Waals surface area contributed by atoms with Gasteiger partial charge in [0.05, 0.1) is 29.2 Å². The third-order valence-electron chi connectivity index (χ3n) is 8.79. The van der Waals surface area contributed by atoms with Crippen molar-refractivity contribution in [3.63, 3.8) is 0 Å². The predicted molar refractivity (Wildman–Crippen MR) is 152 cm³/mol. The highest BCUT2D eigenvalue weighted by Gasteiger charge is 2.57. The lowest BCUT2D eigenvalue weighted by Gasteiger charge is -2.55. The second-order valence-electron chi connectivity index (χ2n) is 11.3. The minimum Gasteiger partial charge on any atom is -0.456 e. The lowest BCUT2D eigenvalue weighted by atomic mass is 9.90. The number of hydrogen-bond acceptors (Lipinski definition) is 10. The number of nitrogens with zero attached hydrogens (tertiary/aromatic N) is 4. The van der Waals surface area contributed by atoms with Crippen molar-refractivity contribution < 1.29 is 46.1 Å². The SMILES string of the molecule is COC(=O)OCOC1=C2C(=O)N3CCC(F)(F)C[C@H]3N([C@H]3c4ccccc4-c4scnc4-c4c3ccc(F)c4F)N2C=CC2OC12. The summed E-state index contributed by atoms with van der Waals surface area (Å²) in [6.07, 6.45) is -1.56. The van der Waals surface area contributed by atoms with Crippen LogP contribution in [0.15, 0.2) is 65.6 Å². The number of hydrazine groups is 1.